The van der Waals surface area contributed by atoms with E-state index in [-0.39, 0.29) is 24.2 Å². The van der Waals surface area contributed by atoms with Gasteiger partial charge in [-0.3, -0.25) is 19.8 Å². The largest absolute Gasteiger partial charge is 0.481 e. The van der Waals surface area contributed by atoms with Crippen molar-refractivity contribution in [3.8, 4) is 0 Å². The molecule has 0 saturated heterocycles. The Hall–Kier alpha value is -3.72. The van der Waals surface area contributed by atoms with Crippen LogP contribution in [0.5, 0.6) is 0 Å². The number of benzene rings is 2. The Balaban J connectivity index is 0.000000837. The average Bonchev–Trinajstić information content (AvgIpc) is 3.05. The van der Waals surface area contributed by atoms with Crippen LogP contribution in [0.1, 0.15) is 46.5 Å². The molecule has 0 radical (unpaired) electrons. The lowest BCUT2D eigenvalue weighted by atomic mass is 10.1. The van der Waals surface area contributed by atoms with Gasteiger partial charge in [0.15, 0.2) is 0 Å². The van der Waals surface area contributed by atoms with Crippen LogP contribution in [0.2, 0.25) is 0 Å². The zero-order valence-electron chi connectivity index (χ0n) is 18.3. The minimum absolute atomic E-state index is 0.00524. The van der Waals surface area contributed by atoms with Crippen molar-refractivity contribution in [3.63, 3.8) is 0 Å². The number of nitrogens with zero attached hydrogens (tertiary/aromatic N) is 1. The summed E-state index contributed by atoms with van der Waals surface area (Å²) in [6.45, 7) is 5.75. The molecule has 0 aromatic heterocycles. The second-order valence-electron chi connectivity index (χ2n) is 7.25. The maximum Gasteiger partial charge on any atom is 0.300 e. The van der Waals surface area contributed by atoms with Crippen LogP contribution in [0, 0.1) is 12.3 Å². The number of carbonyl (C=O) groups excluding carboxylic acids is 2. The van der Waals surface area contributed by atoms with E-state index >= 15 is 0 Å². The minimum atomic E-state index is -0.985. The van der Waals surface area contributed by atoms with Crippen LogP contribution in [0.4, 0.5) is 0 Å². The van der Waals surface area contributed by atoms with Crippen molar-refractivity contribution in [2.75, 3.05) is 6.61 Å². The summed E-state index contributed by atoms with van der Waals surface area (Å²) in [6.07, 6.45) is -0.985. The van der Waals surface area contributed by atoms with Gasteiger partial charge in [0.25, 0.3) is 17.8 Å². The smallest absolute Gasteiger partial charge is 0.300 e. The number of hydrogen-bond acceptors (Lipinski definition) is 5. The van der Waals surface area contributed by atoms with Crippen LogP contribution in [0.15, 0.2) is 42.5 Å². The molecule has 32 heavy (non-hydrogen) atoms. The van der Waals surface area contributed by atoms with Gasteiger partial charge in [-0.2, -0.15) is 0 Å². The zero-order valence-corrected chi connectivity index (χ0v) is 18.3. The maximum absolute atomic E-state index is 12.8. The predicted molar refractivity (Wildman–Crippen MR) is 119 cm³/mol. The normalized spacial score (nSPS) is 13.0. The molecule has 0 bridgehead atoms. The van der Waals surface area contributed by atoms with Gasteiger partial charge >= 0.3 is 0 Å². The molecule has 1 unspecified atom stereocenters. The zero-order chi connectivity index (χ0) is 23.8. The van der Waals surface area contributed by atoms with Crippen molar-refractivity contribution in [1.82, 2.24) is 10.2 Å². The molecule has 0 saturated carbocycles. The fraction of sp³-hybridized carbons (Fsp3) is 0.304. The van der Waals surface area contributed by atoms with E-state index in [4.69, 9.17) is 25.8 Å². The van der Waals surface area contributed by atoms with Gasteiger partial charge in [-0.25, -0.2) is 0 Å². The van der Waals surface area contributed by atoms with E-state index in [1.165, 1.54) is 4.90 Å². The Kier molecular flexibility index (Phi) is 8.48. The summed E-state index contributed by atoms with van der Waals surface area (Å²) in [5.41, 5.74) is 9.45. The molecule has 0 aliphatic carbocycles. The highest BCUT2D eigenvalue weighted by Gasteiger charge is 2.36. The molecule has 0 fully saturated rings. The van der Waals surface area contributed by atoms with Gasteiger partial charge in [0.1, 0.15) is 5.84 Å². The van der Waals surface area contributed by atoms with Gasteiger partial charge < -0.3 is 25.8 Å². The second kappa shape index (κ2) is 11.1. The van der Waals surface area contributed by atoms with Crippen LogP contribution in [-0.2, 0) is 27.4 Å². The number of amidine groups is 1. The van der Waals surface area contributed by atoms with Crippen molar-refractivity contribution in [2.45, 2.75) is 40.1 Å². The number of rotatable bonds is 7. The number of aliphatic carboxylic acids is 1. The summed E-state index contributed by atoms with van der Waals surface area (Å²) in [5, 5.41) is 17.7. The van der Waals surface area contributed by atoms with E-state index < -0.39 is 12.2 Å². The molecule has 2 amide bonds. The Morgan fingerprint density at radius 1 is 1.25 bits per heavy atom. The van der Waals surface area contributed by atoms with E-state index in [0.717, 1.165) is 23.6 Å². The third-order valence-electron chi connectivity index (χ3n) is 4.66. The summed E-state index contributed by atoms with van der Waals surface area (Å²) in [5.74, 6) is -1.40. The van der Waals surface area contributed by atoms with Crippen LogP contribution in [-0.4, -0.2) is 46.5 Å². The number of ether oxygens (including phenoxy) is 1. The fourth-order valence-corrected chi connectivity index (χ4v) is 3.17. The lowest BCUT2D eigenvalue weighted by Gasteiger charge is -2.26. The van der Waals surface area contributed by atoms with Crippen molar-refractivity contribution >= 4 is 23.6 Å². The molecule has 9 nitrogen and oxygen atoms in total. The molecule has 1 atom stereocenters. The number of carbonyl (C=O) groups is 3. The number of nitrogens with one attached hydrogen (secondary N) is 2. The molecule has 1 aliphatic rings. The van der Waals surface area contributed by atoms with Crippen LogP contribution >= 0.6 is 0 Å². The molecule has 9 heteroatoms. The van der Waals surface area contributed by atoms with E-state index in [0.29, 0.717) is 24.3 Å². The SMILES string of the molecule is CC(=O)O.CCOC(C(=O)NCc1ccc(C(=N)N)cc1)N1Cc2ccc(C)cc2C1=O. The number of aryl methyl sites for hydroxylation is 1. The minimum Gasteiger partial charge on any atom is -0.481 e. The Bertz CT molecular complexity index is 1000. The molecule has 2 aromatic rings. The van der Waals surface area contributed by atoms with Gasteiger partial charge in [-0.15, -0.1) is 0 Å². The first-order valence-electron chi connectivity index (χ1n) is 10.1. The first-order chi connectivity index (χ1) is 15.1. The van der Waals surface area contributed by atoms with Crippen molar-refractivity contribution in [2.24, 2.45) is 5.73 Å². The van der Waals surface area contributed by atoms with Crippen LogP contribution < -0.4 is 11.1 Å². The first kappa shape index (κ1) is 24.5. The topological polar surface area (TPSA) is 146 Å². The van der Waals surface area contributed by atoms with E-state index in [1.54, 1.807) is 31.2 Å². The van der Waals surface area contributed by atoms with E-state index in [2.05, 4.69) is 5.32 Å². The Labute approximate surface area is 186 Å². The van der Waals surface area contributed by atoms with E-state index in [9.17, 15) is 9.59 Å². The molecule has 2 aromatic carbocycles. The quantitative estimate of drug-likeness (QED) is 0.383. The number of nitrogen functional groups attached to an aromatic ring is 1. The number of fused-ring (bicyclic) bond motifs is 1. The maximum atomic E-state index is 12.8. The predicted octanol–water partition coefficient (Wildman–Crippen LogP) is 2.00. The van der Waals surface area contributed by atoms with Gasteiger partial charge in [-0.1, -0.05) is 42.0 Å². The third-order valence-corrected chi connectivity index (χ3v) is 4.66. The number of nitrogens with two attached hydrogens (primary N) is 1. The number of carboxylic acids is 1. The molecule has 0 spiro atoms. The summed E-state index contributed by atoms with van der Waals surface area (Å²) in [7, 11) is 0. The summed E-state index contributed by atoms with van der Waals surface area (Å²) in [4.78, 5) is 36.0. The Morgan fingerprint density at radius 2 is 1.88 bits per heavy atom. The van der Waals surface area contributed by atoms with E-state index in [1.807, 2.05) is 25.1 Å². The van der Waals surface area contributed by atoms with Crippen LogP contribution in [0.3, 0.4) is 0 Å². The van der Waals surface area contributed by atoms with Crippen molar-refractivity contribution in [3.05, 3.63) is 70.3 Å². The standard InChI is InChI=1S/C21H24N4O3.C2H4O2/c1-3-28-21(25-12-16-7-4-13(2)10-17(16)20(25)27)19(26)24-11-14-5-8-15(9-6-14)18(22)23;1-2(3)4/h4-10,21H,3,11-12H2,1-2H3,(H3,22,23)(H,24,26);1H3,(H,3,4). The molecular formula is C23H28N4O5. The van der Waals surface area contributed by atoms with Gasteiger partial charge in [0, 0.05) is 37.7 Å². The second-order valence-corrected chi connectivity index (χ2v) is 7.25. The molecule has 1 heterocycles. The lowest BCUT2D eigenvalue weighted by molar-refractivity contribution is -0.143. The summed E-state index contributed by atoms with van der Waals surface area (Å²) < 4.78 is 5.61. The molecule has 1 aliphatic heterocycles. The highest BCUT2D eigenvalue weighted by Crippen LogP contribution is 2.26. The van der Waals surface area contributed by atoms with Gasteiger partial charge in [0.2, 0.25) is 6.23 Å². The molecule has 3 rings (SSSR count). The number of carboxylic acid groups (broad SMARTS) is 1. The molecule has 5 N–H and O–H groups in total. The lowest BCUT2D eigenvalue weighted by Crippen LogP contribution is -2.48. The van der Waals surface area contributed by atoms with Crippen LogP contribution in [0.25, 0.3) is 0 Å². The molecular weight excluding hydrogens is 412 g/mol. The average molecular weight is 441 g/mol. The number of amides is 2. The first-order valence-corrected chi connectivity index (χ1v) is 10.1. The molecule has 170 valence electrons. The Morgan fingerprint density at radius 3 is 2.44 bits per heavy atom. The highest BCUT2D eigenvalue weighted by atomic mass is 16.5. The third kappa shape index (κ3) is 6.39. The van der Waals surface area contributed by atoms with Gasteiger partial charge in [0.05, 0.1) is 0 Å². The fourth-order valence-electron chi connectivity index (χ4n) is 3.17. The highest BCUT2D eigenvalue weighted by molar-refractivity contribution is 6.01. The van der Waals surface area contributed by atoms with Crippen molar-refractivity contribution in [1.29, 1.82) is 5.41 Å². The summed E-state index contributed by atoms with van der Waals surface area (Å²) >= 11 is 0. The summed E-state index contributed by atoms with van der Waals surface area (Å²) in [6, 6.07) is 12.8. The monoisotopic (exact) mass is 440 g/mol. The number of hydrogen-bond donors (Lipinski definition) is 4. The van der Waals surface area contributed by atoms with Crippen molar-refractivity contribution < 1.29 is 24.2 Å². The van der Waals surface area contributed by atoms with Gasteiger partial charge in [-0.05, 0) is 31.0 Å².